The van der Waals surface area contributed by atoms with E-state index in [-0.39, 0.29) is 11.3 Å². The molecule has 0 saturated heterocycles. The highest BCUT2D eigenvalue weighted by Gasteiger charge is 2.33. The number of carbonyl (C=O) groups excluding carboxylic acids is 2. The van der Waals surface area contributed by atoms with E-state index in [1.165, 1.54) is 24.3 Å². The van der Waals surface area contributed by atoms with E-state index in [4.69, 9.17) is 9.47 Å². The molecule has 8 nitrogen and oxygen atoms in total. The highest BCUT2D eigenvalue weighted by Crippen LogP contribution is 2.37. The van der Waals surface area contributed by atoms with Crippen molar-refractivity contribution in [1.29, 1.82) is 0 Å². The Balaban J connectivity index is 2.16. The Morgan fingerprint density at radius 3 is 2.24 bits per heavy atom. The van der Waals surface area contributed by atoms with Gasteiger partial charge in [-0.25, -0.2) is 4.79 Å². The first-order chi connectivity index (χ1) is 13.5. The number of alkyl carbamates (subject to hydrolysis) is 1. The molecule has 0 aliphatic heterocycles. The fraction of sp³-hybridized carbons (Fsp3) is 0.222. The molecule has 29 heavy (non-hydrogen) atoms. The molecule has 0 aliphatic rings. The van der Waals surface area contributed by atoms with Crippen LogP contribution in [0, 0.1) is 10.1 Å². The zero-order valence-corrected chi connectivity index (χ0v) is 15.1. The van der Waals surface area contributed by atoms with Crippen LogP contribution in [0.4, 0.5) is 23.7 Å². The molecule has 2 amide bonds. The van der Waals surface area contributed by atoms with E-state index in [0.29, 0.717) is 12.1 Å². The van der Waals surface area contributed by atoms with Crippen LogP contribution < -0.4 is 10.1 Å². The zero-order chi connectivity index (χ0) is 21.8. The number of carbonyl (C=O) groups is 2. The predicted molar refractivity (Wildman–Crippen MR) is 93.7 cm³/mol. The summed E-state index contributed by atoms with van der Waals surface area (Å²) in [7, 11) is 0. The molecule has 1 N–H and O–H groups in total. The summed E-state index contributed by atoms with van der Waals surface area (Å²) in [6.45, 7) is 3.22. The number of nitrogens with zero attached hydrogens (tertiary/aromatic N) is 1. The number of alkyl halides is 3. The maximum Gasteiger partial charge on any atom is 0.416 e. The van der Waals surface area contributed by atoms with E-state index in [1.807, 2.05) is 5.32 Å². The molecule has 154 valence electrons. The molecule has 0 aromatic heterocycles. The van der Waals surface area contributed by atoms with E-state index in [0.717, 1.165) is 6.07 Å². The van der Waals surface area contributed by atoms with Gasteiger partial charge in [0.2, 0.25) is 5.75 Å². The standard InChI is InChI=1S/C18H15F3N2O6/c1-10(2)28-17(25)22-16(24)11-3-6-13(7-4-11)29-15-8-5-12(18(19,20)21)9-14(15)23(26)27/h3-10H,1-2H3,(H,22,24,25). The van der Waals surface area contributed by atoms with E-state index in [9.17, 15) is 32.9 Å². The molecule has 2 rings (SSSR count). The van der Waals surface area contributed by atoms with Gasteiger partial charge in [-0.15, -0.1) is 0 Å². The average Bonchev–Trinajstić information content (AvgIpc) is 2.60. The normalized spacial score (nSPS) is 11.1. The summed E-state index contributed by atoms with van der Waals surface area (Å²) in [5.74, 6) is -1.11. The molecule has 0 fully saturated rings. The van der Waals surface area contributed by atoms with Crippen LogP contribution in [0.5, 0.6) is 11.5 Å². The van der Waals surface area contributed by atoms with Gasteiger partial charge in [-0.1, -0.05) is 0 Å². The third kappa shape index (κ3) is 5.92. The van der Waals surface area contributed by atoms with Gasteiger partial charge in [-0.2, -0.15) is 13.2 Å². The van der Waals surface area contributed by atoms with Crippen molar-refractivity contribution in [2.75, 3.05) is 0 Å². The van der Waals surface area contributed by atoms with Crippen LogP contribution >= 0.6 is 0 Å². The highest BCUT2D eigenvalue weighted by molar-refractivity contribution is 6.02. The summed E-state index contributed by atoms with van der Waals surface area (Å²) in [4.78, 5) is 33.4. The van der Waals surface area contributed by atoms with Crippen LogP contribution in [0.25, 0.3) is 0 Å². The first-order valence-electron chi connectivity index (χ1n) is 8.13. The first-order valence-corrected chi connectivity index (χ1v) is 8.13. The predicted octanol–water partition coefficient (Wildman–Crippen LogP) is 4.68. The number of benzene rings is 2. The lowest BCUT2D eigenvalue weighted by molar-refractivity contribution is -0.385. The summed E-state index contributed by atoms with van der Waals surface area (Å²) in [5, 5.41) is 13.1. The number of nitrogens with one attached hydrogen (secondary N) is 1. The van der Waals surface area contributed by atoms with Crippen molar-refractivity contribution in [1.82, 2.24) is 5.32 Å². The monoisotopic (exact) mass is 412 g/mol. The molecular weight excluding hydrogens is 397 g/mol. The van der Waals surface area contributed by atoms with Crippen LogP contribution in [0.2, 0.25) is 0 Å². The van der Waals surface area contributed by atoms with Gasteiger partial charge in [0.1, 0.15) is 5.75 Å². The van der Waals surface area contributed by atoms with Crippen LogP contribution in [0.15, 0.2) is 42.5 Å². The highest BCUT2D eigenvalue weighted by atomic mass is 19.4. The van der Waals surface area contributed by atoms with E-state index >= 15 is 0 Å². The Labute approximate surface area is 162 Å². The molecule has 0 spiro atoms. The Hall–Kier alpha value is -3.63. The molecular formula is C18H15F3N2O6. The Bertz CT molecular complexity index is 926. The van der Waals surface area contributed by atoms with E-state index in [2.05, 4.69) is 0 Å². The maximum atomic E-state index is 12.7. The van der Waals surface area contributed by atoms with E-state index in [1.54, 1.807) is 13.8 Å². The second kappa shape index (κ2) is 8.59. The minimum absolute atomic E-state index is 0.0363. The number of hydrogen-bond acceptors (Lipinski definition) is 6. The molecule has 2 aromatic carbocycles. The molecule has 0 unspecified atom stereocenters. The zero-order valence-electron chi connectivity index (χ0n) is 15.1. The van der Waals surface area contributed by atoms with Crippen molar-refractivity contribution in [3.05, 3.63) is 63.7 Å². The molecule has 0 atom stereocenters. The number of hydrogen-bond donors (Lipinski definition) is 1. The third-order valence-electron chi connectivity index (χ3n) is 3.39. The summed E-state index contributed by atoms with van der Waals surface area (Å²) in [5.41, 5.74) is -1.98. The van der Waals surface area contributed by atoms with E-state index < -0.39 is 46.2 Å². The molecule has 0 radical (unpaired) electrons. The average molecular weight is 412 g/mol. The van der Waals surface area contributed by atoms with Crippen LogP contribution in [-0.2, 0) is 10.9 Å². The largest absolute Gasteiger partial charge is 0.450 e. The maximum absolute atomic E-state index is 12.7. The molecule has 0 saturated carbocycles. The van der Waals surface area contributed by atoms with Crippen LogP contribution in [0.3, 0.4) is 0 Å². The lowest BCUT2D eigenvalue weighted by Crippen LogP contribution is -2.32. The Morgan fingerprint density at radius 2 is 1.72 bits per heavy atom. The molecule has 11 heteroatoms. The van der Waals surface area contributed by atoms with Gasteiger partial charge in [0, 0.05) is 11.6 Å². The van der Waals surface area contributed by atoms with Gasteiger partial charge < -0.3 is 9.47 Å². The first kappa shape index (κ1) is 21.7. The summed E-state index contributed by atoms with van der Waals surface area (Å²) in [6, 6.07) is 6.94. The number of imide groups is 1. The number of ether oxygens (including phenoxy) is 2. The Kier molecular flexibility index (Phi) is 6.42. The topological polar surface area (TPSA) is 108 Å². The molecule has 0 aliphatic carbocycles. The van der Waals surface area contributed by atoms with Gasteiger partial charge in [0.05, 0.1) is 16.6 Å². The van der Waals surface area contributed by atoms with Crippen LogP contribution in [0.1, 0.15) is 29.8 Å². The smallest absolute Gasteiger partial charge is 0.416 e. The van der Waals surface area contributed by atoms with Crippen molar-refractivity contribution in [3.63, 3.8) is 0 Å². The second-order valence-corrected chi connectivity index (χ2v) is 5.97. The Morgan fingerprint density at radius 1 is 1.10 bits per heavy atom. The van der Waals surface area contributed by atoms with Gasteiger partial charge in [0.15, 0.2) is 0 Å². The molecule has 0 heterocycles. The van der Waals surface area contributed by atoms with Crippen molar-refractivity contribution in [3.8, 4) is 11.5 Å². The fourth-order valence-corrected chi connectivity index (χ4v) is 2.13. The molecule has 2 aromatic rings. The van der Waals surface area contributed by atoms with Crippen molar-refractivity contribution in [2.45, 2.75) is 26.1 Å². The third-order valence-corrected chi connectivity index (χ3v) is 3.39. The number of nitro groups is 1. The number of rotatable bonds is 5. The summed E-state index contributed by atoms with van der Waals surface area (Å²) >= 11 is 0. The van der Waals surface area contributed by atoms with Crippen LogP contribution in [-0.4, -0.2) is 23.0 Å². The summed E-state index contributed by atoms with van der Waals surface area (Å²) < 4.78 is 48.3. The van der Waals surface area contributed by atoms with Gasteiger partial charge in [0.25, 0.3) is 5.91 Å². The second-order valence-electron chi connectivity index (χ2n) is 5.97. The lowest BCUT2D eigenvalue weighted by atomic mass is 10.1. The number of amides is 2. The minimum atomic E-state index is -4.74. The van der Waals surface area contributed by atoms with Crippen molar-refractivity contribution >= 4 is 17.7 Å². The fourth-order valence-electron chi connectivity index (χ4n) is 2.13. The number of halogens is 3. The SMILES string of the molecule is CC(C)OC(=O)NC(=O)c1ccc(Oc2ccc(C(F)(F)F)cc2[N+](=O)[O-])cc1. The summed E-state index contributed by atoms with van der Waals surface area (Å²) in [6.07, 6.45) is -6.08. The van der Waals surface area contributed by atoms with Gasteiger partial charge in [-0.05, 0) is 50.2 Å². The van der Waals surface area contributed by atoms with Crippen molar-refractivity contribution < 1.29 is 37.2 Å². The lowest BCUT2D eigenvalue weighted by Gasteiger charge is -2.11. The quantitative estimate of drug-likeness (QED) is 0.564. The molecule has 0 bridgehead atoms. The van der Waals surface area contributed by atoms with Crippen molar-refractivity contribution in [2.24, 2.45) is 0 Å². The van der Waals surface area contributed by atoms with Gasteiger partial charge in [-0.3, -0.25) is 20.2 Å². The van der Waals surface area contributed by atoms with Gasteiger partial charge >= 0.3 is 18.0 Å². The minimum Gasteiger partial charge on any atom is -0.450 e. The number of nitro benzene ring substituents is 1.